The molecule has 0 saturated carbocycles. The molecule has 4 aromatic carbocycles. The van der Waals surface area contributed by atoms with E-state index >= 15 is 0 Å². The van der Waals surface area contributed by atoms with Crippen molar-refractivity contribution in [1.82, 2.24) is 9.80 Å². The second-order valence-electron chi connectivity index (χ2n) is 12.4. The average Bonchev–Trinajstić information content (AvgIpc) is 3.45. The Balaban J connectivity index is 1.33. The topological polar surface area (TPSA) is 122 Å². The predicted octanol–water partition coefficient (Wildman–Crippen LogP) is 5.94. The summed E-state index contributed by atoms with van der Waals surface area (Å²) >= 11 is 3.57. The van der Waals surface area contributed by atoms with E-state index < -0.39 is 24.1 Å². The predicted molar refractivity (Wildman–Crippen MR) is 205 cm³/mol. The zero-order valence-corrected chi connectivity index (χ0v) is 32.1. The molecule has 0 unspecified atom stereocenters. The lowest BCUT2D eigenvalue weighted by Crippen LogP contribution is -2.38. The van der Waals surface area contributed by atoms with Gasteiger partial charge in [-0.15, -0.1) is 0 Å². The van der Waals surface area contributed by atoms with E-state index in [9.17, 15) is 14.4 Å². The van der Waals surface area contributed by atoms with Gasteiger partial charge in [0.1, 0.15) is 24.7 Å². The van der Waals surface area contributed by atoms with Gasteiger partial charge < -0.3 is 33.2 Å². The van der Waals surface area contributed by atoms with Crippen LogP contribution >= 0.6 is 15.9 Å². The maximum absolute atomic E-state index is 14.4. The number of rotatable bonds is 16. The number of hydrogen-bond donors (Lipinski definition) is 0. The van der Waals surface area contributed by atoms with Crippen LogP contribution in [0.5, 0.6) is 34.5 Å². The quantitative estimate of drug-likeness (QED) is 0.0990. The lowest BCUT2D eigenvalue weighted by atomic mass is 9.95. The minimum Gasteiger partial charge on any atom is -0.493 e. The maximum Gasteiger partial charge on any atom is 0.262 e. The highest BCUT2D eigenvalue weighted by atomic mass is 79.9. The molecule has 54 heavy (non-hydrogen) atoms. The van der Waals surface area contributed by atoms with Crippen LogP contribution in [0.25, 0.3) is 11.1 Å². The second-order valence-corrected chi connectivity index (χ2v) is 13.2. The van der Waals surface area contributed by atoms with Crippen molar-refractivity contribution < 1.29 is 47.5 Å². The summed E-state index contributed by atoms with van der Waals surface area (Å²) in [6, 6.07) is 22.8. The van der Waals surface area contributed by atoms with Gasteiger partial charge in [-0.3, -0.25) is 24.2 Å². The molecule has 13 heteroatoms. The van der Waals surface area contributed by atoms with Gasteiger partial charge in [0.15, 0.2) is 28.8 Å². The SMILES string of the molecule is COc1ccc(C2=C(c3ccc(OC)c(OC)c3)C(=O)N(CC(=O)c3cc(Br)c(OCc4ccccc4)cc3OCCN3CCOCC3)C2=O)cc1OC. The molecule has 6 rings (SSSR count). The Labute approximate surface area is 322 Å². The van der Waals surface area contributed by atoms with E-state index in [0.29, 0.717) is 70.7 Å². The normalized spacial score (nSPS) is 14.6. The summed E-state index contributed by atoms with van der Waals surface area (Å²) in [6.45, 7) is 3.47. The third-order valence-electron chi connectivity index (χ3n) is 9.15. The second kappa shape index (κ2) is 17.6. The fourth-order valence-corrected chi connectivity index (χ4v) is 6.75. The van der Waals surface area contributed by atoms with Gasteiger partial charge >= 0.3 is 0 Å². The smallest absolute Gasteiger partial charge is 0.262 e. The first-order chi connectivity index (χ1) is 26.3. The Kier molecular flexibility index (Phi) is 12.5. The van der Waals surface area contributed by atoms with Crippen LogP contribution in [0.3, 0.4) is 0 Å². The number of hydrogen-bond acceptors (Lipinski definition) is 11. The molecule has 2 amide bonds. The van der Waals surface area contributed by atoms with Crippen LogP contribution in [-0.4, -0.2) is 102 Å². The van der Waals surface area contributed by atoms with Crippen LogP contribution < -0.4 is 28.4 Å². The van der Waals surface area contributed by atoms with Crippen molar-refractivity contribution in [2.75, 3.05) is 74.4 Å². The molecule has 2 heterocycles. The summed E-state index contributed by atoms with van der Waals surface area (Å²) in [5, 5.41) is 0. The summed E-state index contributed by atoms with van der Waals surface area (Å²) in [4.78, 5) is 46.2. The lowest BCUT2D eigenvalue weighted by Gasteiger charge is -2.26. The van der Waals surface area contributed by atoms with Crippen LogP contribution in [0.2, 0.25) is 0 Å². The molecule has 2 aliphatic rings. The molecule has 0 aliphatic carbocycles. The van der Waals surface area contributed by atoms with Crippen molar-refractivity contribution in [3.63, 3.8) is 0 Å². The highest BCUT2D eigenvalue weighted by Crippen LogP contribution is 2.42. The van der Waals surface area contributed by atoms with Crippen LogP contribution in [0, 0.1) is 0 Å². The minimum atomic E-state index is -0.651. The van der Waals surface area contributed by atoms with Crippen molar-refractivity contribution in [2.24, 2.45) is 0 Å². The molecule has 282 valence electrons. The Morgan fingerprint density at radius 1 is 0.685 bits per heavy atom. The van der Waals surface area contributed by atoms with Gasteiger partial charge in [0.2, 0.25) is 0 Å². The third-order valence-corrected chi connectivity index (χ3v) is 9.77. The first kappa shape index (κ1) is 38.4. The largest absolute Gasteiger partial charge is 0.493 e. The first-order valence-electron chi connectivity index (χ1n) is 17.3. The van der Waals surface area contributed by atoms with Gasteiger partial charge in [0.25, 0.3) is 11.8 Å². The number of carbonyl (C=O) groups is 3. The van der Waals surface area contributed by atoms with Crippen molar-refractivity contribution in [3.8, 4) is 34.5 Å². The molecule has 1 fully saturated rings. The van der Waals surface area contributed by atoms with E-state index in [2.05, 4.69) is 20.8 Å². The molecule has 0 spiro atoms. The van der Waals surface area contributed by atoms with Crippen LogP contribution in [0.4, 0.5) is 0 Å². The number of morpholine rings is 1. The Morgan fingerprint density at radius 3 is 1.81 bits per heavy atom. The summed E-state index contributed by atoms with van der Waals surface area (Å²) in [5.74, 6) is 0.551. The summed E-state index contributed by atoms with van der Waals surface area (Å²) in [5.41, 5.74) is 2.14. The Morgan fingerprint density at radius 2 is 1.26 bits per heavy atom. The Bertz CT molecular complexity index is 1970. The third kappa shape index (κ3) is 8.38. The van der Waals surface area contributed by atoms with E-state index in [0.717, 1.165) is 23.6 Å². The fourth-order valence-electron chi connectivity index (χ4n) is 6.29. The summed E-state index contributed by atoms with van der Waals surface area (Å²) in [7, 11) is 5.97. The Hall–Kier alpha value is -5.37. The van der Waals surface area contributed by atoms with Gasteiger partial charge in [-0.2, -0.15) is 0 Å². The molecule has 2 aliphatic heterocycles. The molecule has 1 saturated heterocycles. The minimum absolute atomic E-state index is 0.0915. The van der Waals surface area contributed by atoms with E-state index in [-0.39, 0.29) is 29.1 Å². The number of nitrogens with zero attached hydrogens (tertiary/aromatic N) is 2. The summed E-state index contributed by atoms with van der Waals surface area (Å²) in [6.07, 6.45) is 0. The van der Waals surface area contributed by atoms with Gasteiger partial charge in [0.05, 0.1) is 69.4 Å². The van der Waals surface area contributed by atoms with Crippen molar-refractivity contribution >= 4 is 44.7 Å². The zero-order valence-electron chi connectivity index (χ0n) is 30.5. The molecular weight excluding hydrogens is 760 g/mol. The van der Waals surface area contributed by atoms with Gasteiger partial charge in [-0.05, 0) is 63.0 Å². The number of methoxy groups -OCH3 is 4. The van der Waals surface area contributed by atoms with Gasteiger partial charge in [0, 0.05) is 25.7 Å². The molecule has 0 N–H and O–H groups in total. The monoisotopic (exact) mass is 800 g/mol. The molecule has 0 bridgehead atoms. The molecule has 12 nitrogen and oxygen atoms in total. The molecular formula is C41H41BrN2O10. The molecule has 4 aromatic rings. The molecule has 0 radical (unpaired) electrons. The van der Waals surface area contributed by atoms with Crippen molar-refractivity contribution in [3.05, 3.63) is 106 Å². The van der Waals surface area contributed by atoms with Gasteiger partial charge in [-0.1, -0.05) is 42.5 Å². The summed E-state index contributed by atoms with van der Waals surface area (Å²) < 4.78 is 40.2. The van der Waals surface area contributed by atoms with E-state index in [1.165, 1.54) is 28.4 Å². The number of imide groups is 1. The number of halogens is 1. The van der Waals surface area contributed by atoms with Crippen LogP contribution in [0.15, 0.2) is 83.3 Å². The number of amides is 2. The van der Waals surface area contributed by atoms with Crippen LogP contribution in [0.1, 0.15) is 27.0 Å². The van der Waals surface area contributed by atoms with E-state index in [1.54, 1.807) is 48.5 Å². The molecule has 0 aromatic heterocycles. The van der Waals surface area contributed by atoms with E-state index in [4.69, 9.17) is 33.2 Å². The number of Topliss-reactive ketones (excluding diaryl/α,β-unsaturated/α-hetero) is 1. The lowest BCUT2D eigenvalue weighted by molar-refractivity contribution is -0.135. The number of ether oxygens (including phenoxy) is 7. The highest BCUT2D eigenvalue weighted by Gasteiger charge is 2.41. The zero-order chi connectivity index (χ0) is 38.2. The molecule has 0 atom stereocenters. The maximum atomic E-state index is 14.4. The first-order valence-corrected chi connectivity index (χ1v) is 18.1. The highest BCUT2D eigenvalue weighted by molar-refractivity contribution is 9.10. The standard InChI is InChI=1S/C41H41BrN2O10/c1-48-32-12-10-27(20-36(32)50-3)38-39(28-11-13-33(49-2)37(21-28)51-4)41(47)44(40(38)46)24-31(45)29-22-30(42)35(54-25-26-8-6-5-7-9-26)23-34(29)53-19-16-43-14-17-52-18-15-43/h5-13,20-23H,14-19,24-25H2,1-4H3. The van der Waals surface area contributed by atoms with Crippen molar-refractivity contribution in [1.29, 1.82) is 0 Å². The van der Waals surface area contributed by atoms with E-state index in [1.807, 2.05) is 30.3 Å². The van der Waals surface area contributed by atoms with Gasteiger partial charge in [-0.25, -0.2) is 0 Å². The van der Waals surface area contributed by atoms with Crippen LogP contribution in [-0.2, 0) is 20.9 Å². The number of benzene rings is 4. The number of carbonyl (C=O) groups excluding carboxylic acids is 3. The fraction of sp³-hybridized carbons (Fsp3) is 0.293. The number of ketones is 1. The van der Waals surface area contributed by atoms with Crippen molar-refractivity contribution in [2.45, 2.75) is 6.61 Å². The average molecular weight is 802 g/mol.